The van der Waals surface area contributed by atoms with E-state index in [1.807, 2.05) is 7.11 Å². The van der Waals surface area contributed by atoms with E-state index < -0.39 is 0 Å². The summed E-state index contributed by atoms with van der Waals surface area (Å²) in [5.74, 6) is 1.71. The highest BCUT2D eigenvalue weighted by Gasteiger charge is 2.30. The van der Waals surface area contributed by atoms with Crippen LogP contribution >= 0.6 is 0 Å². The second-order valence-corrected chi connectivity index (χ2v) is 3.38. The molecule has 0 aromatic rings. The molecule has 60 valence electrons. The van der Waals surface area contributed by atoms with E-state index in [0.717, 1.165) is 11.8 Å². The third-order valence-corrected chi connectivity index (χ3v) is 2.98. The maximum Gasteiger partial charge on any atom is 0.0599 e. The SMILES string of the molecule is CC[C@@H]1CC[C@@H](OC)[C@H]1C. The van der Waals surface area contributed by atoms with Crippen molar-refractivity contribution in [1.29, 1.82) is 0 Å². The molecule has 1 saturated carbocycles. The van der Waals surface area contributed by atoms with Gasteiger partial charge < -0.3 is 4.74 Å². The quantitative estimate of drug-likeness (QED) is 0.575. The van der Waals surface area contributed by atoms with Crippen LogP contribution in [-0.2, 0) is 4.74 Å². The third kappa shape index (κ3) is 1.34. The van der Waals surface area contributed by atoms with Crippen molar-refractivity contribution in [3.8, 4) is 0 Å². The normalized spacial score (nSPS) is 40.5. The van der Waals surface area contributed by atoms with Crippen LogP contribution in [0.3, 0.4) is 0 Å². The first-order valence-corrected chi connectivity index (χ1v) is 4.32. The molecule has 0 aromatic heterocycles. The van der Waals surface area contributed by atoms with Crippen molar-refractivity contribution in [2.75, 3.05) is 7.11 Å². The summed E-state index contributed by atoms with van der Waals surface area (Å²) in [6.45, 7) is 4.59. The Morgan fingerprint density at radius 2 is 2.10 bits per heavy atom. The zero-order chi connectivity index (χ0) is 7.56. The molecule has 0 spiro atoms. The van der Waals surface area contributed by atoms with Crippen LogP contribution < -0.4 is 0 Å². The molecule has 0 aliphatic heterocycles. The second kappa shape index (κ2) is 3.38. The van der Waals surface area contributed by atoms with E-state index in [9.17, 15) is 0 Å². The molecule has 1 fully saturated rings. The molecular formula is C9H18O. The van der Waals surface area contributed by atoms with Gasteiger partial charge in [-0.1, -0.05) is 20.3 Å². The van der Waals surface area contributed by atoms with Crippen LogP contribution in [0.5, 0.6) is 0 Å². The number of hydrogen-bond donors (Lipinski definition) is 0. The van der Waals surface area contributed by atoms with Crippen molar-refractivity contribution in [1.82, 2.24) is 0 Å². The van der Waals surface area contributed by atoms with Crippen molar-refractivity contribution in [3.63, 3.8) is 0 Å². The maximum absolute atomic E-state index is 5.36. The molecule has 0 N–H and O–H groups in total. The van der Waals surface area contributed by atoms with E-state index in [0.29, 0.717) is 6.10 Å². The fraction of sp³-hybridized carbons (Fsp3) is 1.00. The van der Waals surface area contributed by atoms with Gasteiger partial charge in [0.05, 0.1) is 6.10 Å². The van der Waals surface area contributed by atoms with Crippen molar-refractivity contribution < 1.29 is 4.74 Å². The lowest BCUT2D eigenvalue weighted by Crippen LogP contribution is -2.17. The first-order valence-electron chi connectivity index (χ1n) is 4.32. The van der Waals surface area contributed by atoms with Crippen LogP contribution in [0, 0.1) is 11.8 Å². The largest absolute Gasteiger partial charge is 0.381 e. The third-order valence-electron chi connectivity index (χ3n) is 2.98. The van der Waals surface area contributed by atoms with Crippen LogP contribution in [0.4, 0.5) is 0 Å². The smallest absolute Gasteiger partial charge is 0.0599 e. The molecule has 0 amide bonds. The molecule has 0 unspecified atom stereocenters. The Morgan fingerprint density at radius 1 is 1.40 bits per heavy atom. The summed E-state index contributed by atoms with van der Waals surface area (Å²) in [6, 6.07) is 0. The Morgan fingerprint density at radius 3 is 2.40 bits per heavy atom. The van der Waals surface area contributed by atoms with Crippen LogP contribution in [0.2, 0.25) is 0 Å². The van der Waals surface area contributed by atoms with E-state index >= 15 is 0 Å². The number of methoxy groups -OCH3 is 1. The monoisotopic (exact) mass is 142 g/mol. The molecular weight excluding hydrogens is 124 g/mol. The van der Waals surface area contributed by atoms with Gasteiger partial charge in [-0.3, -0.25) is 0 Å². The van der Waals surface area contributed by atoms with E-state index in [2.05, 4.69) is 13.8 Å². The van der Waals surface area contributed by atoms with Gasteiger partial charge in [0.1, 0.15) is 0 Å². The number of ether oxygens (including phenoxy) is 1. The van der Waals surface area contributed by atoms with Gasteiger partial charge in [0.25, 0.3) is 0 Å². The fourth-order valence-electron chi connectivity index (χ4n) is 2.12. The molecule has 0 aromatic carbocycles. The lowest BCUT2D eigenvalue weighted by atomic mass is 9.95. The maximum atomic E-state index is 5.36. The minimum atomic E-state index is 0.546. The van der Waals surface area contributed by atoms with Gasteiger partial charge in [-0.25, -0.2) is 0 Å². The Bertz CT molecular complexity index is 88.9. The summed E-state index contributed by atoms with van der Waals surface area (Å²) in [7, 11) is 1.83. The Balaban J connectivity index is 2.41. The molecule has 0 radical (unpaired) electrons. The van der Waals surface area contributed by atoms with Gasteiger partial charge in [0, 0.05) is 7.11 Å². The molecule has 1 aliphatic rings. The molecule has 1 heteroatoms. The van der Waals surface area contributed by atoms with Gasteiger partial charge >= 0.3 is 0 Å². The van der Waals surface area contributed by atoms with Crippen LogP contribution in [0.25, 0.3) is 0 Å². The number of hydrogen-bond acceptors (Lipinski definition) is 1. The summed E-state index contributed by atoms with van der Waals surface area (Å²) in [4.78, 5) is 0. The highest BCUT2D eigenvalue weighted by molar-refractivity contribution is 4.81. The standard InChI is InChI=1S/C9H18O/c1-4-8-5-6-9(10-3)7(8)2/h7-9H,4-6H2,1-3H3/t7-,8+,9+/m0/s1. The van der Waals surface area contributed by atoms with Crippen LogP contribution in [0.1, 0.15) is 33.1 Å². The summed E-state index contributed by atoms with van der Waals surface area (Å²) in [5, 5.41) is 0. The molecule has 10 heavy (non-hydrogen) atoms. The zero-order valence-electron chi connectivity index (χ0n) is 7.26. The molecule has 1 nitrogen and oxygen atoms in total. The minimum Gasteiger partial charge on any atom is -0.381 e. The topological polar surface area (TPSA) is 9.23 Å². The molecule has 1 aliphatic carbocycles. The van der Waals surface area contributed by atoms with E-state index in [1.54, 1.807) is 0 Å². The average Bonchev–Trinajstić information content (AvgIpc) is 2.30. The summed E-state index contributed by atoms with van der Waals surface area (Å²) in [5.41, 5.74) is 0. The van der Waals surface area contributed by atoms with Gasteiger partial charge in [0.15, 0.2) is 0 Å². The van der Waals surface area contributed by atoms with E-state index in [1.165, 1.54) is 19.3 Å². The average molecular weight is 142 g/mol. The lowest BCUT2D eigenvalue weighted by Gasteiger charge is -2.17. The minimum absolute atomic E-state index is 0.546. The second-order valence-electron chi connectivity index (χ2n) is 3.38. The highest BCUT2D eigenvalue weighted by Crippen LogP contribution is 2.35. The summed E-state index contributed by atoms with van der Waals surface area (Å²) >= 11 is 0. The van der Waals surface area contributed by atoms with Gasteiger partial charge in [0.2, 0.25) is 0 Å². The van der Waals surface area contributed by atoms with Crippen molar-refractivity contribution >= 4 is 0 Å². The Labute approximate surface area is 63.8 Å². The molecule has 3 atom stereocenters. The van der Waals surface area contributed by atoms with Crippen molar-refractivity contribution in [2.24, 2.45) is 11.8 Å². The predicted molar refractivity (Wildman–Crippen MR) is 43.0 cm³/mol. The van der Waals surface area contributed by atoms with Gasteiger partial charge in [-0.05, 0) is 24.7 Å². The highest BCUT2D eigenvalue weighted by atomic mass is 16.5. The molecule has 0 bridgehead atoms. The van der Waals surface area contributed by atoms with Gasteiger partial charge in [-0.2, -0.15) is 0 Å². The molecule has 0 saturated heterocycles. The molecule has 0 heterocycles. The van der Waals surface area contributed by atoms with E-state index in [4.69, 9.17) is 4.74 Å². The van der Waals surface area contributed by atoms with Gasteiger partial charge in [-0.15, -0.1) is 0 Å². The first-order chi connectivity index (χ1) is 4.79. The van der Waals surface area contributed by atoms with Crippen LogP contribution in [0.15, 0.2) is 0 Å². The first kappa shape index (κ1) is 8.06. The van der Waals surface area contributed by atoms with Crippen molar-refractivity contribution in [3.05, 3.63) is 0 Å². The predicted octanol–water partition coefficient (Wildman–Crippen LogP) is 2.46. The molecule has 1 rings (SSSR count). The fourth-order valence-corrected chi connectivity index (χ4v) is 2.12. The Hall–Kier alpha value is -0.0400. The van der Waals surface area contributed by atoms with E-state index in [-0.39, 0.29) is 0 Å². The summed E-state index contributed by atoms with van der Waals surface area (Å²) in [6.07, 6.45) is 4.51. The van der Waals surface area contributed by atoms with Crippen molar-refractivity contribution in [2.45, 2.75) is 39.2 Å². The summed E-state index contributed by atoms with van der Waals surface area (Å²) < 4.78 is 5.36. The lowest BCUT2D eigenvalue weighted by molar-refractivity contribution is 0.0679. The number of rotatable bonds is 2. The zero-order valence-corrected chi connectivity index (χ0v) is 7.26. The Kier molecular flexibility index (Phi) is 2.72. The van der Waals surface area contributed by atoms with Crippen LogP contribution in [-0.4, -0.2) is 13.2 Å².